The zero-order valence-corrected chi connectivity index (χ0v) is 18.4. The molecule has 2 amide bonds. The maximum absolute atomic E-state index is 13.1. The number of likely N-dealkylation sites (tertiary alicyclic amines) is 1. The molecule has 0 radical (unpaired) electrons. The van der Waals surface area contributed by atoms with E-state index in [0.717, 1.165) is 36.3 Å². The average molecular weight is 440 g/mol. The van der Waals surface area contributed by atoms with Gasteiger partial charge in [0.25, 0.3) is 11.8 Å². The van der Waals surface area contributed by atoms with Gasteiger partial charge in [-0.05, 0) is 55.7 Å². The normalized spacial score (nSPS) is 16.0. The van der Waals surface area contributed by atoms with Gasteiger partial charge in [0, 0.05) is 37.0 Å². The van der Waals surface area contributed by atoms with Crippen molar-refractivity contribution >= 4 is 23.1 Å². The van der Waals surface area contributed by atoms with Gasteiger partial charge >= 0.3 is 0 Å². The van der Waals surface area contributed by atoms with E-state index in [4.69, 9.17) is 4.98 Å². The number of rotatable bonds is 4. The number of amides is 2. The highest BCUT2D eigenvalue weighted by Gasteiger charge is 2.30. The molecular formula is C26H25N5O2. The quantitative estimate of drug-likeness (QED) is 0.514. The van der Waals surface area contributed by atoms with Crippen molar-refractivity contribution in [3.8, 4) is 0 Å². The summed E-state index contributed by atoms with van der Waals surface area (Å²) in [5.41, 5.74) is 2.81. The molecule has 5 rings (SSSR count). The molecule has 3 aromatic heterocycles. The van der Waals surface area contributed by atoms with Crippen LogP contribution in [0.3, 0.4) is 0 Å². The van der Waals surface area contributed by atoms with E-state index in [-0.39, 0.29) is 17.7 Å². The van der Waals surface area contributed by atoms with Gasteiger partial charge in [-0.15, -0.1) is 0 Å². The third-order valence-corrected chi connectivity index (χ3v) is 6.04. The van der Waals surface area contributed by atoms with E-state index in [1.165, 1.54) is 0 Å². The first-order chi connectivity index (χ1) is 16.1. The molecule has 0 spiro atoms. The van der Waals surface area contributed by atoms with Gasteiger partial charge in [-0.1, -0.05) is 30.3 Å². The molecule has 1 unspecified atom stereocenters. The number of anilines is 1. The summed E-state index contributed by atoms with van der Waals surface area (Å²) in [7, 11) is 0. The second kappa shape index (κ2) is 8.86. The number of benzene rings is 1. The number of pyridine rings is 2. The van der Waals surface area contributed by atoms with Crippen LogP contribution in [0, 0.1) is 6.92 Å². The first kappa shape index (κ1) is 20.9. The van der Waals surface area contributed by atoms with Gasteiger partial charge in [0.1, 0.15) is 11.6 Å². The minimum atomic E-state index is -0.297. The number of imidazole rings is 1. The molecule has 1 aliphatic heterocycles. The van der Waals surface area contributed by atoms with Crippen LogP contribution in [-0.4, -0.2) is 44.2 Å². The number of carbonyl (C=O) groups is 2. The van der Waals surface area contributed by atoms with E-state index in [1.807, 2.05) is 77.0 Å². The molecule has 1 fully saturated rings. The van der Waals surface area contributed by atoms with Gasteiger partial charge in [0.05, 0.1) is 5.52 Å². The lowest BCUT2D eigenvalue weighted by atomic mass is 9.96. The van der Waals surface area contributed by atoms with Crippen LogP contribution in [0.5, 0.6) is 0 Å². The summed E-state index contributed by atoms with van der Waals surface area (Å²) in [4.78, 5) is 37.0. The van der Waals surface area contributed by atoms with E-state index in [9.17, 15) is 9.59 Å². The third kappa shape index (κ3) is 4.22. The molecule has 4 aromatic rings. The highest BCUT2D eigenvalue weighted by molar-refractivity contribution is 6.07. The van der Waals surface area contributed by atoms with E-state index in [2.05, 4.69) is 10.3 Å². The summed E-state index contributed by atoms with van der Waals surface area (Å²) in [5, 5.41) is 2.85. The Labute approximate surface area is 192 Å². The molecule has 0 saturated carbocycles. The predicted molar refractivity (Wildman–Crippen MR) is 126 cm³/mol. The van der Waals surface area contributed by atoms with Crippen LogP contribution >= 0.6 is 0 Å². The van der Waals surface area contributed by atoms with E-state index in [0.29, 0.717) is 23.6 Å². The fourth-order valence-electron chi connectivity index (χ4n) is 4.37. The Morgan fingerprint density at radius 2 is 1.85 bits per heavy atom. The van der Waals surface area contributed by atoms with Crippen molar-refractivity contribution in [2.24, 2.45) is 0 Å². The van der Waals surface area contributed by atoms with Crippen molar-refractivity contribution in [1.82, 2.24) is 19.3 Å². The van der Waals surface area contributed by atoms with Gasteiger partial charge < -0.3 is 14.6 Å². The Kier molecular flexibility index (Phi) is 5.60. The summed E-state index contributed by atoms with van der Waals surface area (Å²) in [5.74, 6) is 1.07. The second-order valence-electron chi connectivity index (χ2n) is 8.41. The van der Waals surface area contributed by atoms with E-state index < -0.39 is 0 Å². The van der Waals surface area contributed by atoms with Gasteiger partial charge in [-0.2, -0.15) is 0 Å². The molecule has 1 aromatic carbocycles. The Hall–Kier alpha value is -4.00. The molecule has 7 nitrogen and oxygen atoms in total. The molecule has 1 saturated heterocycles. The molecule has 33 heavy (non-hydrogen) atoms. The molecule has 166 valence electrons. The smallest absolute Gasteiger partial charge is 0.277 e. The van der Waals surface area contributed by atoms with Gasteiger partial charge in [0.2, 0.25) is 0 Å². The van der Waals surface area contributed by atoms with Crippen molar-refractivity contribution in [1.29, 1.82) is 0 Å². The van der Waals surface area contributed by atoms with Crippen molar-refractivity contribution in [3.05, 3.63) is 95.7 Å². The van der Waals surface area contributed by atoms with Crippen LogP contribution in [0.15, 0.2) is 73.1 Å². The van der Waals surface area contributed by atoms with Crippen molar-refractivity contribution in [3.63, 3.8) is 0 Å². The lowest BCUT2D eigenvalue weighted by Gasteiger charge is -2.32. The minimum Gasteiger partial charge on any atom is -0.338 e. The number of nitrogens with zero attached hydrogens (tertiary/aromatic N) is 4. The molecule has 1 aliphatic rings. The maximum Gasteiger partial charge on any atom is 0.277 e. The lowest BCUT2D eigenvalue weighted by molar-refractivity contribution is 0.0704. The van der Waals surface area contributed by atoms with Crippen LogP contribution < -0.4 is 5.32 Å². The zero-order valence-electron chi connectivity index (χ0n) is 18.4. The summed E-state index contributed by atoms with van der Waals surface area (Å²) >= 11 is 0. The average Bonchev–Trinajstić information content (AvgIpc) is 3.26. The Bertz CT molecular complexity index is 1300. The summed E-state index contributed by atoms with van der Waals surface area (Å²) < 4.78 is 1.97. The summed E-state index contributed by atoms with van der Waals surface area (Å²) in [6.07, 6.45) is 5.44. The first-order valence-corrected chi connectivity index (χ1v) is 11.2. The monoisotopic (exact) mass is 439 g/mol. The fourth-order valence-corrected chi connectivity index (χ4v) is 4.37. The van der Waals surface area contributed by atoms with Crippen LogP contribution in [0.1, 0.15) is 51.0 Å². The van der Waals surface area contributed by atoms with E-state index in [1.54, 1.807) is 12.3 Å². The molecule has 0 bridgehead atoms. The van der Waals surface area contributed by atoms with Gasteiger partial charge in [-0.25, -0.2) is 9.97 Å². The Balaban J connectivity index is 1.43. The number of nitrogens with one attached hydrogen (secondary N) is 1. The second-order valence-corrected chi connectivity index (χ2v) is 8.41. The number of carbonyl (C=O) groups excluding carboxylic acids is 2. The van der Waals surface area contributed by atoms with Crippen molar-refractivity contribution in [2.75, 3.05) is 18.4 Å². The SMILES string of the molecule is Cc1ccc(NC(=O)c2nc(C3CCCN(C(=O)c4ccccc4)C3)n3ccccc23)nc1. The number of aryl methyl sites for hydroxylation is 1. The number of hydrogen-bond acceptors (Lipinski definition) is 4. The lowest BCUT2D eigenvalue weighted by Crippen LogP contribution is -2.39. The summed E-state index contributed by atoms with van der Waals surface area (Å²) in [6.45, 7) is 3.24. The molecule has 7 heteroatoms. The maximum atomic E-state index is 13.1. The number of hydrogen-bond donors (Lipinski definition) is 1. The van der Waals surface area contributed by atoms with Crippen LogP contribution in [0.2, 0.25) is 0 Å². The summed E-state index contributed by atoms with van der Waals surface area (Å²) in [6, 6.07) is 18.8. The van der Waals surface area contributed by atoms with Crippen LogP contribution in [0.25, 0.3) is 5.52 Å². The first-order valence-electron chi connectivity index (χ1n) is 11.2. The molecule has 0 aliphatic carbocycles. The molecule has 4 heterocycles. The fraction of sp³-hybridized carbons (Fsp3) is 0.231. The minimum absolute atomic E-state index is 0.0320. The highest BCUT2D eigenvalue weighted by Crippen LogP contribution is 2.29. The largest absolute Gasteiger partial charge is 0.338 e. The van der Waals surface area contributed by atoms with Crippen molar-refractivity contribution in [2.45, 2.75) is 25.7 Å². The number of aromatic nitrogens is 3. The standard InChI is InChI=1S/C26H25N5O2/c1-18-12-13-22(27-16-18)28-25(32)23-21-11-5-6-15-31(21)24(29-23)20-10-7-14-30(17-20)26(33)19-8-3-2-4-9-19/h2-6,8-9,11-13,15-16,20H,7,10,14,17H2,1H3,(H,27,28,32). The van der Waals surface area contributed by atoms with Crippen LogP contribution in [0.4, 0.5) is 5.82 Å². The van der Waals surface area contributed by atoms with E-state index >= 15 is 0 Å². The zero-order chi connectivity index (χ0) is 22.8. The molecule has 1 N–H and O–H groups in total. The predicted octanol–water partition coefficient (Wildman–Crippen LogP) is 4.31. The van der Waals surface area contributed by atoms with Gasteiger partial charge in [-0.3, -0.25) is 9.59 Å². The van der Waals surface area contributed by atoms with Crippen molar-refractivity contribution < 1.29 is 9.59 Å². The molecular weight excluding hydrogens is 414 g/mol. The number of fused-ring (bicyclic) bond motifs is 1. The van der Waals surface area contributed by atoms with Crippen LogP contribution in [-0.2, 0) is 0 Å². The Morgan fingerprint density at radius 1 is 1.03 bits per heavy atom. The molecule has 1 atom stereocenters. The Morgan fingerprint density at radius 3 is 2.64 bits per heavy atom. The highest BCUT2D eigenvalue weighted by atomic mass is 16.2. The van der Waals surface area contributed by atoms with Gasteiger partial charge in [0.15, 0.2) is 5.69 Å². The third-order valence-electron chi connectivity index (χ3n) is 6.04. The number of piperidine rings is 1. The topological polar surface area (TPSA) is 79.6 Å².